The molecule has 2 aromatic heterocycles. The Kier molecular flexibility index (Phi) is 6.76. The first-order chi connectivity index (χ1) is 26.3. The van der Waals surface area contributed by atoms with Gasteiger partial charge in [0.05, 0.1) is 11.1 Å². The first-order valence-corrected chi connectivity index (χ1v) is 18.8. The molecule has 0 bridgehead atoms. The Morgan fingerprint density at radius 2 is 0.981 bits per heavy atom. The van der Waals surface area contributed by atoms with Crippen molar-refractivity contribution in [2.75, 3.05) is 4.90 Å². The molecule has 3 heteroatoms. The van der Waals surface area contributed by atoms with Crippen LogP contribution in [0.25, 0.3) is 85.9 Å². The van der Waals surface area contributed by atoms with E-state index in [1.807, 2.05) is 11.3 Å². The monoisotopic (exact) mass is 693 g/mol. The summed E-state index contributed by atoms with van der Waals surface area (Å²) < 4.78 is 9.30. The van der Waals surface area contributed by atoms with Crippen molar-refractivity contribution in [3.63, 3.8) is 0 Å². The molecule has 0 atom stereocenters. The number of rotatable bonds is 5. The van der Waals surface area contributed by atoms with Gasteiger partial charge in [0.2, 0.25) is 0 Å². The summed E-state index contributed by atoms with van der Waals surface area (Å²) in [6.07, 6.45) is 0. The molecule has 248 valence electrons. The summed E-state index contributed by atoms with van der Waals surface area (Å²) in [5.74, 6) is 0. The molecule has 0 aliphatic carbocycles. The molecular weight excluding hydrogens is 663 g/mol. The number of anilines is 3. The molecule has 11 aromatic rings. The molecule has 0 amide bonds. The van der Waals surface area contributed by atoms with Gasteiger partial charge in [-0.05, 0) is 86.9 Å². The molecule has 53 heavy (non-hydrogen) atoms. The number of hydrogen-bond donors (Lipinski definition) is 0. The third kappa shape index (κ3) is 4.78. The lowest BCUT2D eigenvalue weighted by atomic mass is 9.98. The van der Waals surface area contributed by atoms with Crippen molar-refractivity contribution in [2.45, 2.75) is 0 Å². The predicted octanol–water partition coefficient (Wildman–Crippen LogP) is 15.1. The summed E-state index contributed by atoms with van der Waals surface area (Å²) in [4.78, 5) is 2.38. The molecule has 0 N–H and O–H groups in total. The summed E-state index contributed by atoms with van der Waals surface area (Å²) >= 11 is 1.87. The highest BCUT2D eigenvalue weighted by atomic mass is 32.1. The summed E-state index contributed by atoms with van der Waals surface area (Å²) in [6, 6.07) is 67.9. The van der Waals surface area contributed by atoms with Crippen molar-refractivity contribution in [3.8, 4) is 22.3 Å². The van der Waals surface area contributed by atoms with E-state index in [9.17, 15) is 0 Å². The normalized spacial score (nSPS) is 11.8. The number of benzene rings is 9. The van der Waals surface area contributed by atoms with Gasteiger partial charge >= 0.3 is 0 Å². The van der Waals surface area contributed by atoms with E-state index in [1.165, 1.54) is 58.6 Å². The molecule has 2 heterocycles. The summed E-state index contributed by atoms with van der Waals surface area (Å²) in [5, 5.41) is 9.64. The van der Waals surface area contributed by atoms with Crippen LogP contribution in [0.15, 0.2) is 192 Å². The van der Waals surface area contributed by atoms with Crippen molar-refractivity contribution < 1.29 is 4.42 Å². The number of furan rings is 1. The van der Waals surface area contributed by atoms with Crippen LogP contribution in [0, 0.1) is 0 Å². The minimum Gasteiger partial charge on any atom is -0.455 e. The highest BCUT2D eigenvalue weighted by Gasteiger charge is 2.21. The second-order valence-electron chi connectivity index (χ2n) is 13.7. The van der Waals surface area contributed by atoms with E-state index >= 15 is 0 Å². The molecule has 0 aliphatic rings. The first kappa shape index (κ1) is 30.0. The highest BCUT2D eigenvalue weighted by Crippen LogP contribution is 2.46. The summed E-state index contributed by atoms with van der Waals surface area (Å²) in [5.41, 5.74) is 9.92. The van der Waals surface area contributed by atoms with Gasteiger partial charge in [0, 0.05) is 42.3 Å². The fraction of sp³-hybridized carbons (Fsp3) is 0. The lowest BCUT2D eigenvalue weighted by Crippen LogP contribution is -2.10. The first-order valence-electron chi connectivity index (χ1n) is 18.0. The Bertz CT molecular complexity index is 3160. The van der Waals surface area contributed by atoms with E-state index in [1.54, 1.807) is 0 Å². The van der Waals surface area contributed by atoms with Gasteiger partial charge in [0.25, 0.3) is 0 Å². The maximum atomic E-state index is 6.66. The molecule has 2 nitrogen and oxygen atoms in total. The molecule has 0 unspecified atom stereocenters. The molecule has 0 fully saturated rings. The van der Waals surface area contributed by atoms with Crippen LogP contribution in [0.2, 0.25) is 0 Å². The average molecular weight is 694 g/mol. The zero-order valence-electron chi connectivity index (χ0n) is 28.7. The minimum atomic E-state index is 0.874. The molecule has 0 radical (unpaired) electrons. The van der Waals surface area contributed by atoms with Crippen molar-refractivity contribution in [1.82, 2.24) is 0 Å². The molecule has 0 saturated carbocycles. The Morgan fingerprint density at radius 1 is 0.396 bits per heavy atom. The van der Waals surface area contributed by atoms with Gasteiger partial charge in [-0.2, -0.15) is 0 Å². The van der Waals surface area contributed by atoms with Crippen LogP contribution in [0.1, 0.15) is 0 Å². The van der Waals surface area contributed by atoms with E-state index in [0.717, 1.165) is 44.4 Å². The molecule has 0 saturated heterocycles. The molecule has 9 aromatic carbocycles. The van der Waals surface area contributed by atoms with Gasteiger partial charge in [-0.3, -0.25) is 0 Å². The van der Waals surface area contributed by atoms with Crippen LogP contribution < -0.4 is 4.90 Å². The zero-order chi connectivity index (χ0) is 34.9. The molecule has 0 spiro atoms. The number of fused-ring (bicyclic) bond motifs is 9. The van der Waals surface area contributed by atoms with Crippen molar-refractivity contribution in [2.24, 2.45) is 0 Å². The Morgan fingerprint density at radius 3 is 1.77 bits per heavy atom. The molecule has 0 aliphatic heterocycles. The van der Waals surface area contributed by atoms with Gasteiger partial charge in [-0.1, -0.05) is 140 Å². The van der Waals surface area contributed by atoms with Crippen molar-refractivity contribution in [1.29, 1.82) is 0 Å². The Balaban J connectivity index is 1.09. The van der Waals surface area contributed by atoms with Gasteiger partial charge in [-0.15, -0.1) is 11.3 Å². The third-order valence-electron chi connectivity index (χ3n) is 10.7. The quantitative estimate of drug-likeness (QED) is 0.178. The lowest BCUT2D eigenvalue weighted by molar-refractivity contribution is 0.672. The summed E-state index contributed by atoms with van der Waals surface area (Å²) in [6.45, 7) is 0. The second kappa shape index (κ2) is 11.9. The van der Waals surface area contributed by atoms with E-state index in [-0.39, 0.29) is 0 Å². The second-order valence-corrected chi connectivity index (χ2v) is 14.7. The van der Waals surface area contributed by atoms with E-state index in [0.29, 0.717) is 0 Å². The zero-order valence-corrected chi connectivity index (χ0v) is 29.5. The van der Waals surface area contributed by atoms with Crippen molar-refractivity contribution in [3.05, 3.63) is 188 Å². The maximum absolute atomic E-state index is 6.66. The average Bonchev–Trinajstić information content (AvgIpc) is 3.81. The van der Waals surface area contributed by atoms with Crippen molar-refractivity contribution >= 4 is 92.1 Å². The maximum Gasteiger partial charge on any atom is 0.143 e. The van der Waals surface area contributed by atoms with Crippen LogP contribution in [0.3, 0.4) is 0 Å². The summed E-state index contributed by atoms with van der Waals surface area (Å²) in [7, 11) is 0. The Hall–Kier alpha value is -6.68. The van der Waals surface area contributed by atoms with Crippen LogP contribution in [0.4, 0.5) is 17.1 Å². The predicted molar refractivity (Wildman–Crippen MR) is 227 cm³/mol. The largest absolute Gasteiger partial charge is 0.455 e. The molecular formula is C50H31NOS. The van der Waals surface area contributed by atoms with Gasteiger partial charge in [0.15, 0.2) is 0 Å². The van der Waals surface area contributed by atoms with Crippen LogP contribution >= 0.6 is 11.3 Å². The Labute approximate surface area is 310 Å². The van der Waals surface area contributed by atoms with E-state index < -0.39 is 0 Å². The van der Waals surface area contributed by atoms with E-state index in [4.69, 9.17) is 4.42 Å². The molecule has 11 rings (SSSR count). The van der Waals surface area contributed by atoms with Crippen LogP contribution in [0.5, 0.6) is 0 Å². The number of thiophene rings is 1. The number of nitrogens with zero attached hydrogens (tertiary/aromatic N) is 1. The van der Waals surface area contributed by atoms with Gasteiger partial charge < -0.3 is 9.32 Å². The van der Waals surface area contributed by atoms with Crippen LogP contribution in [-0.4, -0.2) is 0 Å². The number of hydrogen-bond acceptors (Lipinski definition) is 3. The third-order valence-corrected chi connectivity index (χ3v) is 11.9. The smallest absolute Gasteiger partial charge is 0.143 e. The fourth-order valence-electron chi connectivity index (χ4n) is 8.18. The van der Waals surface area contributed by atoms with E-state index in [2.05, 4.69) is 193 Å². The van der Waals surface area contributed by atoms with Gasteiger partial charge in [0.1, 0.15) is 11.2 Å². The van der Waals surface area contributed by atoms with Crippen LogP contribution in [-0.2, 0) is 0 Å². The highest BCUT2D eigenvalue weighted by molar-refractivity contribution is 7.26. The topological polar surface area (TPSA) is 16.4 Å². The lowest BCUT2D eigenvalue weighted by Gasteiger charge is -2.27. The standard InChI is InChI=1S/C50H31NOS/c1-3-13-38-32(10-1)12-7-16-39(38)34-22-27-36(28-23-34)51(45-19-9-20-46-48(45)44-31-26-33-11-2-4-14-40(33)49(44)52-46)37-29-24-35(25-30-37)41-17-8-18-43-42-15-5-6-21-47(42)53-50(41)43/h1-31H. The fourth-order valence-corrected chi connectivity index (χ4v) is 9.42. The van der Waals surface area contributed by atoms with Gasteiger partial charge in [-0.25, -0.2) is 0 Å². The SMILES string of the molecule is c1ccc2c(-c3ccc(N(c4ccc(-c5cccc6c5sc5ccccc56)cc4)c4cccc5oc6c7ccccc7ccc6c45)cc3)cccc2c1. The minimum absolute atomic E-state index is 0.874.